The monoisotopic (exact) mass is 345 g/mol. The Hall–Kier alpha value is -2.80. The van der Waals surface area contributed by atoms with Crippen LogP contribution in [0.5, 0.6) is 0 Å². The quantitative estimate of drug-likeness (QED) is 0.826. The fourth-order valence-corrected chi connectivity index (χ4v) is 4.44. The fourth-order valence-electron chi connectivity index (χ4n) is 4.44. The lowest BCUT2D eigenvalue weighted by Gasteiger charge is -2.40. The van der Waals surface area contributed by atoms with Gasteiger partial charge in [0, 0.05) is 6.54 Å². The summed E-state index contributed by atoms with van der Waals surface area (Å²) in [7, 11) is 0. The average molecular weight is 345 g/mol. The largest absolute Gasteiger partial charge is 0.358 e. The van der Waals surface area contributed by atoms with Crippen molar-refractivity contribution in [1.82, 2.24) is 0 Å². The molecule has 0 aromatic heterocycles. The summed E-state index contributed by atoms with van der Waals surface area (Å²) in [4.78, 5) is 17.4. The van der Waals surface area contributed by atoms with E-state index in [0.29, 0.717) is 12.1 Å². The molecule has 2 aliphatic rings. The van der Waals surface area contributed by atoms with Crippen LogP contribution < -0.4 is 9.80 Å². The van der Waals surface area contributed by atoms with Gasteiger partial charge >= 0.3 is 0 Å². The standard InChI is InChI=1S/C22H23N3O/c1-14-9-15(2)18(16(3)10-14)13-25-21-11-17(12-23)6-7-19(21)24-8-4-5-20(24)22(25)26/h6-7,9-11,20H,4-5,8,13H2,1-3H3/t20-/m1/s1. The highest BCUT2D eigenvalue weighted by Gasteiger charge is 2.41. The van der Waals surface area contributed by atoms with Crippen molar-refractivity contribution in [3.8, 4) is 6.07 Å². The van der Waals surface area contributed by atoms with Crippen LogP contribution in [0.3, 0.4) is 0 Å². The third-order valence-electron chi connectivity index (χ3n) is 5.67. The Morgan fingerprint density at radius 3 is 2.54 bits per heavy atom. The number of hydrogen-bond acceptors (Lipinski definition) is 3. The first kappa shape index (κ1) is 16.7. The topological polar surface area (TPSA) is 47.3 Å². The number of nitrogens with zero attached hydrogens (tertiary/aromatic N) is 3. The summed E-state index contributed by atoms with van der Waals surface area (Å²) in [5.41, 5.74) is 7.40. The van der Waals surface area contributed by atoms with Gasteiger partial charge in [-0.05, 0) is 68.5 Å². The normalized spacial score (nSPS) is 18.5. The molecule has 2 aromatic rings. The SMILES string of the molecule is Cc1cc(C)c(CN2C(=O)[C@H]3CCCN3c3ccc(C#N)cc32)c(C)c1. The Kier molecular flexibility index (Phi) is 3.96. The smallest absolute Gasteiger partial charge is 0.250 e. The molecule has 26 heavy (non-hydrogen) atoms. The van der Waals surface area contributed by atoms with Crippen molar-refractivity contribution in [1.29, 1.82) is 5.26 Å². The summed E-state index contributed by atoms with van der Waals surface area (Å²) in [5.74, 6) is 0.157. The summed E-state index contributed by atoms with van der Waals surface area (Å²) < 4.78 is 0. The highest BCUT2D eigenvalue weighted by atomic mass is 16.2. The second-order valence-electron chi connectivity index (χ2n) is 7.47. The van der Waals surface area contributed by atoms with Crippen LogP contribution in [-0.4, -0.2) is 18.5 Å². The Labute approximate surface area is 154 Å². The number of anilines is 2. The molecule has 0 radical (unpaired) electrons. The van der Waals surface area contributed by atoms with Crippen LogP contribution in [0.25, 0.3) is 0 Å². The van der Waals surface area contributed by atoms with Crippen molar-refractivity contribution >= 4 is 17.3 Å². The molecule has 1 atom stereocenters. The highest BCUT2D eigenvalue weighted by Crippen LogP contribution is 2.41. The second-order valence-corrected chi connectivity index (χ2v) is 7.47. The van der Waals surface area contributed by atoms with Crippen molar-refractivity contribution in [2.45, 2.75) is 46.2 Å². The van der Waals surface area contributed by atoms with Crippen molar-refractivity contribution < 1.29 is 4.79 Å². The van der Waals surface area contributed by atoms with Crippen LogP contribution in [-0.2, 0) is 11.3 Å². The van der Waals surface area contributed by atoms with E-state index in [0.717, 1.165) is 30.8 Å². The van der Waals surface area contributed by atoms with Gasteiger partial charge < -0.3 is 9.80 Å². The van der Waals surface area contributed by atoms with E-state index in [1.165, 1.54) is 22.3 Å². The molecule has 4 heteroatoms. The minimum Gasteiger partial charge on any atom is -0.358 e. The Balaban J connectivity index is 1.82. The lowest BCUT2D eigenvalue weighted by molar-refractivity contribution is -0.120. The first-order valence-electron chi connectivity index (χ1n) is 9.18. The summed E-state index contributed by atoms with van der Waals surface area (Å²) in [5, 5.41) is 9.32. The molecular weight excluding hydrogens is 322 g/mol. The average Bonchev–Trinajstić information content (AvgIpc) is 3.10. The molecule has 0 unspecified atom stereocenters. The molecule has 0 saturated carbocycles. The minimum absolute atomic E-state index is 0.0681. The zero-order valence-electron chi connectivity index (χ0n) is 15.5. The molecule has 4 rings (SSSR count). The molecule has 1 amide bonds. The predicted octanol–water partition coefficient (Wildman–Crippen LogP) is 4.00. The van der Waals surface area contributed by atoms with E-state index in [4.69, 9.17) is 0 Å². The van der Waals surface area contributed by atoms with E-state index in [1.807, 2.05) is 23.1 Å². The van der Waals surface area contributed by atoms with Crippen molar-refractivity contribution in [2.24, 2.45) is 0 Å². The number of benzene rings is 2. The van der Waals surface area contributed by atoms with Gasteiger partial charge in [-0.25, -0.2) is 0 Å². The van der Waals surface area contributed by atoms with Crippen LogP contribution >= 0.6 is 0 Å². The van der Waals surface area contributed by atoms with Gasteiger partial charge in [0.2, 0.25) is 5.91 Å². The van der Waals surface area contributed by atoms with Crippen LogP contribution in [0.4, 0.5) is 11.4 Å². The van der Waals surface area contributed by atoms with Crippen LogP contribution in [0, 0.1) is 32.1 Å². The maximum Gasteiger partial charge on any atom is 0.250 e. The number of amides is 1. The molecule has 1 fully saturated rings. The van der Waals surface area contributed by atoms with Crippen LogP contribution in [0.15, 0.2) is 30.3 Å². The first-order chi connectivity index (χ1) is 12.5. The van der Waals surface area contributed by atoms with E-state index < -0.39 is 0 Å². The maximum atomic E-state index is 13.3. The Bertz CT molecular complexity index is 918. The predicted molar refractivity (Wildman–Crippen MR) is 103 cm³/mol. The van der Waals surface area contributed by atoms with Gasteiger partial charge in [0.25, 0.3) is 0 Å². The lowest BCUT2D eigenvalue weighted by Crippen LogP contribution is -2.50. The molecule has 0 N–H and O–H groups in total. The van der Waals surface area contributed by atoms with Crippen molar-refractivity contribution in [2.75, 3.05) is 16.3 Å². The number of nitriles is 1. The number of fused-ring (bicyclic) bond motifs is 3. The molecule has 0 aliphatic carbocycles. The Morgan fingerprint density at radius 1 is 1.12 bits per heavy atom. The van der Waals surface area contributed by atoms with Crippen LogP contribution in [0.2, 0.25) is 0 Å². The van der Waals surface area contributed by atoms with E-state index in [-0.39, 0.29) is 11.9 Å². The fraction of sp³-hybridized carbons (Fsp3) is 0.364. The number of hydrogen-bond donors (Lipinski definition) is 0. The molecule has 2 aliphatic heterocycles. The van der Waals surface area contributed by atoms with Crippen molar-refractivity contribution in [3.05, 3.63) is 58.1 Å². The molecule has 2 aromatic carbocycles. The summed E-state index contributed by atoms with van der Waals surface area (Å²) in [6, 6.07) is 12.2. The lowest BCUT2D eigenvalue weighted by atomic mass is 9.97. The summed E-state index contributed by atoms with van der Waals surface area (Å²) in [6.07, 6.45) is 1.94. The molecule has 0 bridgehead atoms. The molecule has 0 spiro atoms. The van der Waals surface area contributed by atoms with Gasteiger partial charge in [0.05, 0.1) is 29.6 Å². The van der Waals surface area contributed by atoms with Gasteiger partial charge in [-0.15, -0.1) is 0 Å². The molecule has 132 valence electrons. The summed E-state index contributed by atoms with van der Waals surface area (Å²) >= 11 is 0. The Morgan fingerprint density at radius 2 is 1.85 bits per heavy atom. The van der Waals surface area contributed by atoms with Gasteiger partial charge in [-0.3, -0.25) is 4.79 Å². The van der Waals surface area contributed by atoms with Gasteiger partial charge in [-0.2, -0.15) is 5.26 Å². The zero-order valence-corrected chi connectivity index (χ0v) is 15.5. The minimum atomic E-state index is -0.0681. The molecular formula is C22H23N3O. The third kappa shape index (κ3) is 2.55. The highest BCUT2D eigenvalue weighted by molar-refractivity contribution is 6.06. The van der Waals surface area contributed by atoms with Crippen molar-refractivity contribution in [3.63, 3.8) is 0 Å². The molecule has 2 heterocycles. The van der Waals surface area contributed by atoms with E-state index in [2.05, 4.69) is 43.9 Å². The van der Waals surface area contributed by atoms with Gasteiger partial charge in [0.1, 0.15) is 6.04 Å². The maximum absolute atomic E-state index is 13.3. The van der Waals surface area contributed by atoms with Crippen LogP contribution in [0.1, 0.15) is 40.7 Å². The molecule has 1 saturated heterocycles. The first-order valence-corrected chi connectivity index (χ1v) is 9.18. The van der Waals surface area contributed by atoms with E-state index >= 15 is 0 Å². The number of carbonyl (C=O) groups is 1. The van der Waals surface area contributed by atoms with Gasteiger partial charge in [-0.1, -0.05) is 17.7 Å². The third-order valence-corrected chi connectivity index (χ3v) is 5.67. The number of carbonyl (C=O) groups excluding carboxylic acids is 1. The molecule has 4 nitrogen and oxygen atoms in total. The van der Waals surface area contributed by atoms with E-state index in [1.54, 1.807) is 0 Å². The zero-order chi connectivity index (χ0) is 18.4. The number of aryl methyl sites for hydroxylation is 3. The van der Waals surface area contributed by atoms with Gasteiger partial charge in [0.15, 0.2) is 0 Å². The summed E-state index contributed by atoms with van der Waals surface area (Å²) in [6.45, 7) is 7.78. The second kappa shape index (κ2) is 6.17. The number of rotatable bonds is 2. The van der Waals surface area contributed by atoms with E-state index in [9.17, 15) is 10.1 Å².